The molecule has 0 aromatic rings. The first-order valence-electron chi connectivity index (χ1n) is 2.45. The molecule has 0 bridgehead atoms. The summed E-state index contributed by atoms with van der Waals surface area (Å²) in [5.41, 5.74) is 0. The summed E-state index contributed by atoms with van der Waals surface area (Å²) in [6.45, 7) is 2.90. The summed E-state index contributed by atoms with van der Waals surface area (Å²) in [7, 11) is 0. The summed E-state index contributed by atoms with van der Waals surface area (Å²) in [6.07, 6.45) is 0. The maximum absolute atomic E-state index is 9.00. The molecule has 0 amide bonds. The fourth-order valence-electron chi connectivity index (χ4n) is 0. The summed E-state index contributed by atoms with van der Waals surface area (Å²) in [4.78, 5) is 29.3. The SMILES string of the molecule is CC(=O)O.CC(=O)O.O=[C-]OO.[Na].[Na].[Pd]. The zero-order valence-electron chi connectivity index (χ0n) is 8.79. The number of hydrogen-bond acceptors (Lipinski definition) is 5. The van der Waals surface area contributed by atoms with Gasteiger partial charge in [-0.2, -0.15) is 0 Å². The minimum absolute atomic E-state index is 0. The van der Waals surface area contributed by atoms with E-state index >= 15 is 0 Å². The molecule has 0 fully saturated rings. The number of carbonyl (C=O) groups excluding carboxylic acids is 1. The van der Waals surface area contributed by atoms with Crippen molar-refractivity contribution in [2.24, 2.45) is 0 Å². The van der Waals surface area contributed by atoms with Crippen LogP contribution in [0, 0.1) is 0 Å². The van der Waals surface area contributed by atoms with Gasteiger partial charge in [0, 0.05) is 93.4 Å². The Morgan fingerprint density at radius 1 is 1.07 bits per heavy atom. The fourth-order valence-corrected chi connectivity index (χ4v) is 0. The molecule has 3 N–H and O–H groups in total. The molecule has 0 rings (SSSR count). The molecule has 0 aliphatic heterocycles. The first-order valence-corrected chi connectivity index (χ1v) is 2.45. The summed E-state index contributed by atoms with van der Waals surface area (Å²) in [5.74, 6) is -1.67. The van der Waals surface area contributed by atoms with Crippen molar-refractivity contribution >= 4 is 77.5 Å². The molecular weight excluding hydrogens is 324 g/mol. The van der Waals surface area contributed by atoms with Gasteiger partial charge in [-0.1, -0.05) is 0 Å². The molecule has 0 aliphatic rings. The molecule has 0 aliphatic carbocycles. The number of rotatable bonds is 1. The molecule has 15 heavy (non-hydrogen) atoms. The summed E-state index contributed by atoms with van der Waals surface area (Å²) < 4.78 is 0. The van der Waals surface area contributed by atoms with Crippen LogP contribution in [0.2, 0.25) is 0 Å². The maximum Gasteiger partial charge on any atom is 0.300 e. The molecule has 0 spiro atoms. The van der Waals surface area contributed by atoms with E-state index < -0.39 is 11.9 Å². The van der Waals surface area contributed by atoms with Crippen molar-refractivity contribution in [2.45, 2.75) is 13.8 Å². The van der Waals surface area contributed by atoms with E-state index in [1.807, 2.05) is 0 Å². The third-order valence-corrected chi connectivity index (χ3v) is 0.0373. The Morgan fingerprint density at radius 3 is 1.13 bits per heavy atom. The first-order chi connectivity index (χ1) is 5.38. The van der Waals surface area contributed by atoms with E-state index in [1.54, 1.807) is 0 Å². The first kappa shape index (κ1) is 36.0. The predicted octanol–water partition coefficient (Wildman–Crippen LogP) is -1.04. The Balaban J connectivity index is -0.0000000184. The second kappa shape index (κ2) is 36.3. The van der Waals surface area contributed by atoms with E-state index in [-0.39, 0.29) is 79.5 Å². The smallest absolute Gasteiger partial charge is 0.300 e. The Kier molecular flexibility index (Phi) is 87.1. The fraction of sp³-hybridized carbons (Fsp3) is 0.400. The van der Waals surface area contributed by atoms with E-state index in [4.69, 9.17) is 29.9 Å². The van der Waals surface area contributed by atoms with Gasteiger partial charge >= 0.3 is 0 Å². The molecule has 7 nitrogen and oxygen atoms in total. The van der Waals surface area contributed by atoms with Crippen LogP contribution in [-0.2, 0) is 39.7 Å². The zero-order chi connectivity index (χ0) is 10.6. The van der Waals surface area contributed by atoms with Crippen molar-refractivity contribution in [1.29, 1.82) is 0 Å². The van der Waals surface area contributed by atoms with Crippen LogP contribution in [0.3, 0.4) is 0 Å². The van der Waals surface area contributed by atoms with Crippen LogP contribution in [0.15, 0.2) is 0 Å². The second-order valence-electron chi connectivity index (χ2n) is 1.21. The standard InChI is InChI=1S/2C2H4O2.CHO3.2Na.Pd/c2*1-2(3)4;2-1-4-3;;;/h2*1H3,(H,3,4);3H;;;/q;;-1;;;. The van der Waals surface area contributed by atoms with E-state index in [0.717, 1.165) is 20.3 Å². The summed E-state index contributed by atoms with van der Waals surface area (Å²) in [6, 6.07) is 0. The van der Waals surface area contributed by atoms with Gasteiger partial charge in [0.05, 0.1) is 0 Å². The molecule has 0 aromatic carbocycles. The van der Waals surface area contributed by atoms with Crippen LogP contribution in [0.1, 0.15) is 13.8 Å². The quantitative estimate of drug-likeness (QED) is 0.242. The second-order valence-corrected chi connectivity index (χ2v) is 1.21. The topological polar surface area (TPSA) is 121 Å². The largest absolute Gasteiger partial charge is 0.509 e. The van der Waals surface area contributed by atoms with E-state index in [2.05, 4.69) is 4.89 Å². The number of carbonyl (C=O) groups is 2. The minimum atomic E-state index is -0.833. The number of carboxylic acid groups (broad SMARTS) is 2. The number of carboxylic acids is 2. The van der Waals surface area contributed by atoms with Crippen LogP contribution in [0.25, 0.3) is 0 Å². The molecule has 0 saturated heterocycles. The van der Waals surface area contributed by atoms with E-state index in [1.165, 1.54) is 0 Å². The van der Waals surface area contributed by atoms with Gasteiger partial charge in [0.25, 0.3) is 11.9 Å². The van der Waals surface area contributed by atoms with E-state index in [0.29, 0.717) is 0 Å². The van der Waals surface area contributed by atoms with Crippen LogP contribution >= 0.6 is 0 Å². The van der Waals surface area contributed by atoms with Crippen molar-refractivity contribution in [3.05, 3.63) is 0 Å². The molecule has 2 radical (unpaired) electrons. The molecule has 0 unspecified atom stereocenters. The molecule has 0 atom stereocenters. The summed E-state index contributed by atoms with van der Waals surface area (Å²) >= 11 is 0. The molecule has 0 heterocycles. The zero-order valence-corrected chi connectivity index (χ0v) is 14.3. The normalized spacial score (nSPS) is 4.73. The predicted molar refractivity (Wildman–Crippen MR) is 47.5 cm³/mol. The van der Waals surface area contributed by atoms with Crippen molar-refractivity contribution < 1.29 is 55.2 Å². The van der Waals surface area contributed by atoms with Crippen molar-refractivity contribution in [3.63, 3.8) is 0 Å². The van der Waals surface area contributed by atoms with Gasteiger partial charge in [-0.3, -0.25) is 9.59 Å². The van der Waals surface area contributed by atoms with E-state index in [9.17, 15) is 0 Å². The Morgan fingerprint density at radius 2 is 1.13 bits per heavy atom. The van der Waals surface area contributed by atoms with Gasteiger partial charge < -0.3 is 19.9 Å². The van der Waals surface area contributed by atoms with Gasteiger partial charge in [-0.25, -0.2) is 5.26 Å². The molecule has 0 saturated carbocycles. The van der Waals surface area contributed by atoms with Gasteiger partial charge in [-0.15, -0.1) is 0 Å². The van der Waals surface area contributed by atoms with Crippen LogP contribution in [0.5, 0.6) is 0 Å². The van der Waals surface area contributed by atoms with Gasteiger partial charge in [-0.05, 0) is 6.47 Å². The number of hydrogen-bond donors (Lipinski definition) is 3. The summed E-state index contributed by atoms with van der Waals surface area (Å²) in [5, 5.41) is 21.8. The molecule has 0 aromatic heterocycles. The Bertz CT molecular complexity index is 123. The molecule has 84 valence electrons. The van der Waals surface area contributed by atoms with Crippen molar-refractivity contribution in [2.75, 3.05) is 0 Å². The van der Waals surface area contributed by atoms with Gasteiger partial charge in [0.15, 0.2) is 0 Å². The van der Waals surface area contributed by atoms with Crippen LogP contribution in [-0.4, -0.2) is 93.0 Å². The maximum atomic E-state index is 9.00. The average Bonchev–Trinajstić information content (AvgIpc) is 1.85. The van der Waals surface area contributed by atoms with Crippen molar-refractivity contribution in [1.82, 2.24) is 0 Å². The van der Waals surface area contributed by atoms with Crippen LogP contribution < -0.4 is 0 Å². The Labute approximate surface area is 145 Å². The monoisotopic (exact) mass is 333 g/mol. The average molecular weight is 334 g/mol. The van der Waals surface area contributed by atoms with Crippen LogP contribution in [0.4, 0.5) is 0 Å². The third kappa shape index (κ3) is 618. The third-order valence-electron chi connectivity index (χ3n) is 0.0373. The van der Waals surface area contributed by atoms with Gasteiger partial charge in [0.1, 0.15) is 0 Å². The number of aliphatic carboxylic acids is 2. The molecular formula is C5H9Na2O7Pd-. The minimum Gasteiger partial charge on any atom is -0.509 e. The van der Waals surface area contributed by atoms with Gasteiger partial charge in [0.2, 0.25) is 0 Å². The van der Waals surface area contributed by atoms with Crippen molar-refractivity contribution in [3.8, 4) is 0 Å². The molecule has 10 heteroatoms. The Hall–Kier alpha value is 1.03.